The lowest BCUT2D eigenvalue weighted by atomic mass is 9.98. The van der Waals surface area contributed by atoms with Crippen molar-refractivity contribution in [2.45, 2.75) is 223 Å². The Kier molecular flexibility index (Phi) is 30.2. The minimum absolute atomic E-state index is 0.163. The van der Waals surface area contributed by atoms with E-state index in [1.807, 2.05) is 0 Å². The summed E-state index contributed by atoms with van der Waals surface area (Å²) in [6, 6.07) is 0. The lowest BCUT2D eigenvalue weighted by molar-refractivity contribution is -0.332. The number of unbranched alkanes of at least 4 members (excludes halogenated alkanes) is 16. The van der Waals surface area contributed by atoms with Gasteiger partial charge >= 0.3 is 11.9 Å². The van der Waals surface area contributed by atoms with E-state index in [1.165, 1.54) is 44.9 Å². The minimum atomic E-state index is -1.76. The van der Waals surface area contributed by atoms with Crippen LogP contribution in [0.2, 0.25) is 0 Å². The molecule has 4 unspecified atom stereocenters. The quantitative estimate of drug-likeness (QED) is 0.0261. The largest absolute Gasteiger partial charge is 0.462 e. The summed E-state index contributed by atoms with van der Waals surface area (Å²) in [6.45, 7) is 2.48. The summed E-state index contributed by atoms with van der Waals surface area (Å²) in [6.07, 6.45) is 13.9. The molecule has 0 amide bonds. The molecule has 0 aromatic carbocycles. The average Bonchev–Trinajstić information content (AvgIpc) is 3.24. The van der Waals surface area contributed by atoms with E-state index in [-0.39, 0.29) is 26.1 Å². The number of ether oxygens (including phenoxy) is 6. The van der Waals surface area contributed by atoms with E-state index in [9.17, 15) is 45.3 Å². The molecule has 15 nitrogen and oxygen atoms in total. The minimum Gasteiger partial charge on any atom is -0.462 e. The summed E-state index contributed by atoms with van der Waals surface area (Å²) in [5.41, 5.74) is 0. The van der Waals surface area contributed by atoms with Crippen LogP contribution in [0.25, 0.3) is 0 Å². The molecule has 0 aliphatic carbocycles. The third-order valence-electron chi connectivity index (χ3n) is 10.9. The zero-order chi connectivity index (χ0) is 44.0. The van der Waals surface area contributed by atoms with E-state index in [4.69, 9.17) is 28.4 Å². The highest BCUT2D eigenvalue weighted by atomic mass is 16.7. The molecule has 0 aromatic rings. The Bertz CT molecular complexity index is 1150. The first-order valence-corrected chi connectivity index (χ1v) is 22.9. The maximum Gasteiger partial charge on any atom is 0.306 e. The van der Waals surface area contributed by atoms with Gasteiger partial charge in [-0.2, -0.15) is 0 Å². The number of hydrogen-bond acceptors (Lipinski definition) is 15. The number of hydrogen-bond donors (Lipinski definition) is 7. The molecule has 0 spiro atoms. The third kappa shape index (κ3) is 22.4. The fraction of sp³-hybridized carbons (Fsp3) is 0.867. The van der Waals surface area contributed by atoms with Gasteiger partial charge < -0.3 is 64.2 Å². The molecular weight excluding hydrogens is 780 g/mol. The number of aliphatic hydroxyl groups excluding tert-OH is 7. The first kappa shape index (κ1) is 54.1. The van der Waals surface area contributed by atoms with Crippen LogP contribution < -0.4 is 0 Å². The predicted molar refractivity (Wildman–Crippen MR) is 224 cm³/mol. The van der Waals surface area contributed by atoms with Crippen molar-refractivity contribution in [1.29, 1.82) is 0 Å². The standard InChI is InChI=1S/C45H80O15/c1-3-5-7-9-11-12-13-14-15-16-17-18-19-20-22-23-25-27-36(47)55-30-33(58-37(48)28-26-24-21-10-8-6-4-2)31-56-44-43(54)41(52)39(50)35(60-44)32-57-45-42(53)40(51)38(49)34(29-46)59-45/h11-12,14-15,33-35,38-46,49-54H,3-10,13,16-32H2,1-2H3/b12-11+,15-14+/t33-,34+,35+,38-,39-,40?,41?,42?,43?,44+,45+/m0/s1. The third-order valence-corrected chi connectivity index (χ3v) is 10.9. The molecule has 2 saturated heterocycles. The zero-order valence-corrected chi connectivity index (χ0v) is 36.4. The highest BCUT2D eigenvalue weighted by Crippen LogP contribution is 2.26. The van der Waals surface area contributed by atoms with Crippen molar-refractivity contribution in [3.05, 3.63) is 24.3 Å². The van der Waals surface area contributed by atoms with Gasteiger partial charge in [0.2, 0.25) is 0 Å². The second-order valence-corrected chi connectivity index (χ2v) is 16.2. The van der Waals surface area contributed by atoms with Crippen LogP contribution in [0.15, 0.2) is 24.3 Å². The number of esters is 2. The second-order valence-electron chi connectivity index (χ2n) is 16.2. The van der Waals surface area contributed by atoms with Crippen LogP contribution in [0.5, 0.6) is 0 Å². The fourth-order valence-corrected chi connectivity index (χ4v) is 7.07. The molecule has 0 radical (unpaired) electrons. The SMILES string of the molecule is CCCCC/C=C/C/C=C/CCCCCCCCCC(=O)OC[C@@H](CO[C@@H]1O[C@H](CO[C@@H]2O[C@H](CO)[C@H](O)C(O)C2O)[C@H](O)C(O)C1O)OC(=O)CCCCCCCCC. The lowest BCUT2D eigenvalue weighted by Crippen LogP contribution is -2.61. The Morgan fingerprint density at radius 3 is 1.58 bits per heavy atom. The van der Waals surface area contributed by atoms with Gasteiger partial charge in [0.25, 0.3) is 0 Å². The highest BCUT2D eigenvalue weighted by molar-refractivity contribution is 5.70. The molecule has 350 valence electrons. The predicted octanol–water partition coefficient (Wildman–Crippen LogP) is 4.82. The van der Waals surface area contributed by atoms with E-state index in [0.717, 1.165) is 70.6 Å². The molecule has 2 rings (SSSR count). The molecular formula is C45H80O15. The Labute approximate surface area is 358 Å². The van der Waals surface area contributed by atoms with E-state index in [1.54, 1.807) is 0 Å². The van der Waals surface area contributed by atoms with E-state index in [0.29, 0.717) is 12.8 Å². The number of aliphatic hydroxyl groups is 7. The molecule has 2 aliphatic heterocycles. The van der Waals surface area contributed by atoms with Crippen LogP contribution in [0.3, 0.4) is 0 Å². The van der Waals surface area contributed by atoms with Gasteiger partial charge in [0.15, 0.2) is 18.7 Å². The van der Waals surface area contributed by atoms with Crippen LogP contribution in [-0.2, 0) is 38.0 Å². The maximum atomic E-state index is 12.8. The van der Waals surface area contributed by atoms with Crippen molar-refractivity contribution in [2.75, 3.05) is 26.4 Å². The van der Waals surface area contributed by atoms with Gasteiger partial charge in [0.05, 0.1) is 19.8 Å². The molecule has 0 aromatic heterocycles. The van der Waals surface area contributed by atoms with Crippen LogP contribution in [0.4, 0.5) is 0 Å². The number of rotatable bonds is 34. The molecule has 2 aliphatic rings. The highest BCUT2D eigenvalue weighted by Gasteiger charge is 2.47. The van der Waals surface area contributed by atoms with Crippen LogP contribution in [0.1, 0.15) is 155 Å². The second kappa shape index (κ2) is 33.5. The molecule has 60 heavy (non-hydrogen) atoms. The summed E-state index contributed by atoms with van der Waals surface area (Å²) >= 11 is 0. The zero-order valence-electron chi connectivity index (χ0n) is 36.4. The summed E-state index contributed by atoms with van der Waals surface area (Å²) < 4.78 is 33.3. The Balaban J connectivity index is 1.80. The van der Waals surface area contributed by atoms with Gasteiger partial charge in [-0.25, -0.2) is 0 Å². The van der Waals surface area contributed by atoms with E-state index in [2.05, 4.69) is 38.2 Å². The number of carbonyl (C=O) groups is 2. The molecule has 15 heteroatoms. The van der Waals surface area contributed by atoms with Crippen molar-refractivity contribution < 1.29 is 73.8 Å². The van der Waals surface area contributed by atoms with Gasteiger partial charge in [-0.15, -0.1) is 0 Å². The maximum absolute atomic E-state index is 12.8. The van der Waals surface area contributed by atoms with Crippen molar-refractivity contribution in [3.63, 3.8) is 0 Å². The molecule has 2 heterocycles. The number of carbonyl (C=O) groups excluding carboxylic acids is 2. The van der Waals surface area contributed by atoms with Crippen molar-refractivity contribution in [1.82, 2.24) is 0 Å². The molecule has 7 N–H and O–H groups in total. The van der Waals surface area contributed by atoms with Gasteiger partial charge in [-0.05, 0) is 44.9 Å². The molecule has 11 atom stereocenters. The van der Waals surface area contributed by atoms with Gasteiger partial charge in [-0.3, -0.25) is 9.59 Å². The first-order chi connectivity index (χ1) is 29.0. The summed E-state index contributed by atoms with van der Waals surface area (Å²) in [5, 5.41) is 71.7. The van der Waals surface area contributed by atoms with Crippen LogP contribution in [0, 0.1) is 0 Å². The Hall–Kier alpha value is -2.02. The fourth-order valence-electron chi connectivity index (χ4n) is 7.07. The Morgan fingerprint density at radius 2 is 1.00 bits per heavy atom. The monoisotopic (exact) mass is 861 g/mol. The van der Waals surface area contributed by atoms with Gasteiger partial charge in [-0.1, -0.05) is 122 Å². The average molecular weight is 861 g/mol. The molecule has 2 fully saturated rings. The van der Waals surface area contributed by atoms with Gasteiger partial charge in [0.1, 0.15) is 55.4 Å². The smallest absolute Gasteiger partial charge is 0.306 e. The van der Waals surface area contributed by atoms with Crippen molar-refractivity contribution in [2.24, 2.45) is 0 Å². The molecule has 0 saturated carbocycles. The molecule has 0 bridgehead atoms. The van der Waals surface area contributed by atoms with E-state index < -0.39 is 92.7 Å². The number of allylic oxidation sites excluding steroid dienone is 4. The van der Waals surface area contributed by atoms with Crippen molar-refractivity contribution in [3.8, 4) is 0 Å². The van der Waals surface area contributed by atoms with Crippen LogP contribution >= 0.6 is 0 Å². The summed E-state index contributed by atoms with van der Waals surface area (Å²) in [4.78, 5) is 25.5. The van der Waals surface area contributed by atoms with Crippen molar-refractivity contribution >= 4 is 11.9 Å². The topological polar surface area (TPSA) is 231 Å². The normalized spacial score (nSPS) is 27.8. The Morgan fingerprint density at radius 1 is 0.533 bits per heavy atom. The van der Waals surface area contributed by atoms with E-state index >= 15 is 0 Å². The van der Waals surface area contributed by atoms with Gasteiger partial charge in [0, 0.05) is 12.8 Å². The van der Waals surface area contributed by atoms with Crippen LogP contribution in [-0.4, -0.2) is 142 Å². The first-order valence-electron chi connectivity index (χ1n) is 22.9. The summed E-state index contributed by atoms with van der Waals surface area (Å²) in [7, 11) is 0. The lowest BCUT2D eigenvalue weighted by Gasteiger charge is -2.42. The summed E-state index contributed by atoms with van der Waals surface area (Å²) in [5.74, 6) is -0.940.